The number of hydrogen-bond acceptors (Lipinski definition) is 6. The molecule has 1 saturated heterocycles. The van der Waals surface area contributed by atoms with Crippen LogP contribution >= 0.6 is 0 Å². The number of Topliss-reactive ketones (excluding diaryl/α,β-unsaturated/α-hetero) is 1. The Hall–Kier alpha value is -3.76. The number of nitrogens with one attached hydrogen (secondary N) is 2. The quantitative estimate of drug-likeness (QED) is 0.280. The second-order valence-electron chi connectivity index (χ2n) is 7.24. The van der Waals surface area contributed by atoms with E-state index >= 15 is 0 Å². The van der Waals surface area contributed by atoms with E-state index in [9.17, 15) is 14.7 Å². The van der Waals surface area contributed by atoms with Crippen LogP contribution in [0.3, 0.4) is 0 Å². The number of likely N-dealkylation sites (tertiary alicyclic amines) is 1. The molecule has 7 nitrogen and oxygen atoms in total. The molecule has 0 radical (unpaired) electrons. The molecule has 0 bridgehead atoms. The largest absolute Gasteiger partial charge is 0.505 e. The number of rotatable bonds is 6. The molecule has 1 aliphatic heterocycles. The van der Waals surface area contributed by atoms with Crippen LogP contribution in [0.4, 0.5) is 5.69 Å². The van der Waals surface area contributed by atoms with Gasteiger partial charge in [0.15, 0.2) is 5.78 Å². The van der Waals surface area contributed by atoms with E-state index in [1.165, 1.54) is 12.8 Å². The number of allylic oxidation sites excluding steroid dienone is 2. The van der Waals surface area contributed by atoms with Gasteiger partial charge in [0.1, 0.15) is 11.4 Å². The normalized spacial score (nSPS) is 13.1. The molecular formula is C28H39N3O4. The first-order valence-electron chi connectivity index (χ1n) is 11.7. The van der Waals surface area contributed by atoms with E-state index in [1.54, 1.807) is 11.0 Å². The molecule has 0 saturated carbocycles. The van der Waals surface area contributed by atoms with Crippen molar-refractivity contribution in [1.82, 2.24) is 10.2 Å². The fraction of sp³-hybridized carbons (Fsp3) is 0.357. The van der Waals surface area contributed by atoms with E-state index in [-0.39, 0.29) is 11.5 Å². The highest BCUT2D eigenvalue weighted by Crippen LogP contribution is 2.31. The van der Waals surface area contributed by atoms with Crippen LogP contribution in [0.2, 0.25) is 0 Å². The zero-order valence-electron chi connectivity index (χ0n) is 21.3. The lowest BCUT2D eigenvalue weighted by Crippen LogP contribution is -2.32. The van der Waals surface area contributed by atoms with Gasteiger partial charge in [0.05, 0.1) is 12.1 Å². The lowest BCUT2D eigenvalue weighted by Gasteiger charge is -2.25. The van der Waals surface area contributed by atoms with Crippen molar-refractivity contribution in [3.8, 4) is 18.6 Å². The Balaban J connectivity index is 0.000000744. The molecule has 0 spiro atoms. The molecule has 7 heteroatoms. The van der Waals surface area contributed by atoms with Crippen LogP contribution in [0.15, 0.2) is 59.9 Å². The Morgan fingerprint density at radius 2 is 1.60 bits per heavy atom. The number of terminal acetylenes is 1. The summed E-state index contributed by atoms with van der Waals surface area (Å²) in [7, 11) is 1.00. The molecule has 2 aromatic carbocycles. The highest BCUT2D eigenvalue weighted by molar-refractivity contribution is 6.06. The molecule has 1 aliphatic carbocycles. The third kappa shape index (κ3) is 10.4. The summed E-state index contributed by atoms with van der Waals surface area (Å²) in [6, 6.07) is 15.5. The average Bonchev–Trinajstić information content (AvgIpc) is 3.46. The van der Waals surface area contributed by atoms with Crippen LogP contribution in [0.25, 0.3) is 0 Å². The van der Waals surface area contributed by atoms with Crippen molar-refractivity contribution in [2.75, 3.05) is 25.5 Å². The summed E-state index contributed by atoms with van der Waals surface area (Å²) in [4.78, 5) is 23.5. The summed E-state index contributed by atoms with van der Waals surface area (Å²) >= 11 is 0. The highest BCUT2D eigenvalue weighted by Gasteiger charge is 2.27. The number of phenols is 1. The second kappa shape index (κ2) is 18.6. The molecule has 4 N–H and O–H groups in total. The number of aryl methyl sites for hydroxylation is 1. The minimum atomic E-state index is 0.0523. The van der Waals surface area contributed by atoms with Crippen molar-refractivity contribution in [1.29, 1.82) is 0 Å². The number of aliphatic hydroxyl groups excluding tert-OH is 1. The van der Waals surface area contributed by atoms with Crippen molar-refractivity contribution in [2.24, 2.45) is 0 Å². The van der Waals surface area contributed by atoms with Crippen molar-refractivity contribution < 1.29 is 19.8 Å². The molecular weight excluding hydrogens is 442 g/mol. The van der Waals surface area contributed by atoms with Crippen molar-refractivity contribution >= 4 is 17.9 Å². The maximum absolute atomic E-state index is 11.8. The smallest absolute Gasteiger partial charge is 0.209 e. The zero-order valence-corrected chi connectivity index (χ0v) is 21.3. The number of para-hydroxylation sites is 1. The van der Waals surface area contributed by atoms with Crippen LogP contribution in [0, 0.1) is 19.8 Å². The van der Waals surface area contributed by atoms with E-state index in [0.29, 0.717) is 24.4 Å². The summed E-state index contributed by atoms with van der Waals surface area (Å²) in [5, 5.41) is 23.4. The van der Waals surface area contributed by atoms with Crippen molar-refractivity contribution in [3.63, 3.8) is 0 Å². The SMILES string of the molecule is C#C.CC.CO.Cc1cccc(NC2=C(NCc3ccccc3)CC2=O)c1O.O=CN1CCCC1. The number of phenolic OH excluding ortho intramolecular Hbond substituents is 1. The number of hydrogen-bond donors (Lipinski definition) is 4. The summed E-state index contributed by atoms with van der Waals surface area (Å²) in [6.07, 6.45) is 11.7. The summed E-state index contributed by atoms with van der Waals surface area (Å²) in [6.45, 7) is 8.45. The molecule has 1 fully saturated rings. The first-order chi connectivity index (χ1) is 17.1. The van der Waals surface area contributed by atoms with Gasteiger partial charge < -0.3 is 25.7 Å². The number of amides is 1. The monoisotopic (exact) mass is 481 g/mol. The van der Waals surface area contributed by atoms with Crippen molar-refractivity contribution in [3.05, 3.63) is 71.1 Å². The average molecular weight is 482 g/mol. The minimum absolute atomic E-state index is 0.0523. The molecule has 2 aliphatic rings. The number of ketones is 1. The Morgan fingerprint density at radius 3 is 2.11 bits per heavy atom. The van der Waals surface area contributed by atoms with Gasteiger partial charge in [-0.15, -0.1) is 12.8 Å². The number of carbonyl (C=O) groups excluding carboxylic acids is 2. The minimum Gasteiger partial charge on any atom is -0.505 e. The lowest BCUT2D eigenvalue weighted by atomic mass is 9.98. The topological polar surface area (TPSA) is 102 Å². The van der Waals surface area contributed by atoms with Gasteiger partial charge in [0.2, 0.25) is 6.41 Å². The van der Waals surface area contributed by atoms with Crippen LogP contribution in [-0.4, -0.2) is 47.5 Å². The van der Waals surface area contributed by atoms with E-state index in [1.807, 2.05) is 63.2 Å². The fourth-order valence-electron chi connectivity index (χ4n) is 3.24. The van der Waals surface area contributed by atoms with Gasteiger partial charge in [-0.2, -0.15) is 0 Å². The van der Waals surface area contributed by atoms with E-state index in [0.717, 1.165) is 43.4 Å². The Morgan fingerprint density at radius 1 is 1.00 bits per heavy atom. The predicted octanol–water partition coefficient (Wildman–Crippen LogP) is 4.21. The number of aliphatic hydroxyl groups is 1. The van der Waals surface area contributed by atoms with Gasteiger partial charge in [0.25, 0.3) is 0 Å². The van der Waals surface area contributed by atoms with E-state index in [4.69, 9.17) is 5.11 Å². The standard InChI is InChI=1S/C18H18N2O2.C5H9NO.C2H6.C2H2.CH4O/c1-12-6-5-9-14(18(12)22)20-17-15(10-16(17)21)19-11-13-7-3-2-4-8-13;7-5-6-3-1-2-4-6;3*1-2/h2-9,19-20,22H,10-11H2,1H3;5H,1-4H2;1-2H3;1-2H;2H,1H3. The lowest BCUT2D eigenvalue weighted by molar-refractivity contribution is -0.117. The summed E-state index contributed by atoms with van der Waals surface area (Å²) < 4.78 is 0. The van der Waals surface area contributed by atoms with Gasteiger partial charge in [-0.25, -0.2) is 0 Å². The molecule has 1 amide bonds. The third-order valence-corrected chi connectivity index (χ3v) is 5.05. The third-order valence-electron chi connectivity index (χ3n) is 5.05. The van der Waals surface area contributed by atoms with Gasteiger partial charge in [-0.3, -0.25) is 9.59 Å². The van der Waals surface area contributed by atoms with E-state index < -0.39 is 0 Å². The van der Waals surface area contributed by atoms with Gasteiger partial charge in [0, 0.05) is 32.4 Å². The van der Waals surface area contributed by atoms with Crippen LogP contribution in [-0.2, 0) is 16.1 Å². The predicted molar refractivity (Wildman–Crippen MR) is 143 cm³/mol. The first kappa shape index (κ1) is 31.2. The molecule has 35 heavy (non-hydrogen) atoms. The number of anilines is 1. The Kier molecular flexibility index (Phi) is 16.6. The molecule has 0 unspecified atom stereocenters. The first-order valence-corrected chi connectivity index (χ1v) is 11.7. The molecule has 1 heterocycles. The molecule has 190 valence electrons. The number of carbonyl (C=O) groups is 2. The van der Waals surface area contributed by atoms with Gasteiger partial charge in [-0.1, -0.05) is 56.3 Å². The fourth-order valence-corrected chi connectivity index (χ4v) is 3.24. The number of benzene rings is 2. The summed E-state index contributed by atoms with van der Waals surface area (Å²) in [5.41, 5.74) is 3.91. The number of aromatic hydroxyl groups is 1. The maximum atomic E-state index is 11.8. The maximum Gasteiger partial charge on any atom is 0.209 e. The summed E-state index contributed by atoms with van der Waals surface area (Å²) in [5.74, 6) is 0.230. The highest BCUT2D eigenvalue weighted by atomic mass is 16.3. The zero-order chi connectivity index (χ0) is 26.6. The molecule has 0 aromatic heterocycles. The van der Waals surface area contributed by atoms with Gasteiger partial charge >= 0.3 is 0 Å². The van der Waals surface area contributed by atoms with Crippen LogP contribution in [0.1, 0.15) is 44.2 Å². The van der Waals surface area contributed by atoms with Crippen molar-refractivity contribution in [2.45, 2.75) is 46.6 Å². The Labute approximate surface area is 209 Å². The second-order valence-corrected chi connectivity index (χ2v) is 7.24. The van der Waals surface area contributed by atoms with Gasteiger partial charge in [-0.05, 0) is 37.0 Å². The molecule has 4 rings (SSSR count). The van der Waals surface area contributed by atoms with E-state index in [2.05, 4.69) is 23.5 Å². The van der Waals surface area contributed by atoms with Crippen LogP contribution in [0.5, 0.6) is 5.75 Å². The Bertz CT molecular complexity index is 934. The molecule has 2 aromatic rings. The molecule has 0 atom stereocenters. The van der Waals surface area contributed by atoms with Crippen LogP contribution < -0.4 is 10.6 Å². The number of nitrogens with zero attached hydrogens (tertiary/aromatic N) is 1.